The Hall–Kier alpha value is -0.0151. The Morgan fingerprint density at radius 2 is 1.75 bits per heavy atom. The Balaban J connectivity index is 1.79. The van der Waals surface area contributed by atoms with Crippen molar-refractivity contribution in [2.75, 3.05) is 19.8 Å². The number of rotatable bonds is 1. The summed E-state index contributed by atoms with van der Waals surface area (Å²) < 4.78 is 5.70. The second-order valence-corrected chi connectivity index (χ2v) is 7.66. The summed E-state index contributed by atoms with van der Waals surface area (Å²) in [5.74, 6) is 2.21. The van der Waals surface area contributed by atoms with Crippen LogP contribution >= 0.6 is 0 Å². The molecule has 0 aromatic carbocycles. The SMILES string of the molecule is [B]C1CCCC2CCN(C(C)C)C3(COC3)C2CCC1. The molecule has 3 rings (SSSR count). The van der Waals surface area contributed by atoms with Crippen molar-refractivity contribution >= 4 is 7.85 Å². The lowest BCUT2D eigenvalue weighted by Crippen LogP contribution is -2.71. The number of hydrogen-bond acceptors (Lipinski definition) is 2. The van der Waals surface area contributed by atoms with Gasteiger partial charge in [-0.05, 0) is 45.1 Å². The predicted molar refractivity (Wildman–Crippen MR) is 84.2 cm³/mol. The third-order valence-corrected chi connectivity index (χ3v) is 6.14. The minimum Gasteiger partial charge on any atom is -0.377 e. The van der Waals surface area contributed by atoms with Crippen LogP contribution in [0.15, 0.2) is 0 Å². The van der Waals surface area contributed by atoms with Gasteiger partial charge >= 0.3 is 0 Å². The van der Waals surface area contributed by atoms with Crippen molar-refractivity contribution in [2.24, 2.45) is 11.8 Å². The molecule has 112 valence electrons. The van der Waals surface area contributed by atoms with Crippen molar-refractivity contribution in [3.63, 3.8) is 0 Å². The van der Waals surface area contributed by atoms with E-state index in [1.807, 2.05) is 0 Å². The maximum atomic E-state index is 6.22. The Labute approximate surface area is 126 Å². The number of fused-ring (bicyclic) bond motifs is 2. The standard InChI is InChI=1S/C17H30BNO/c1-13(2)19-10-9-14-5-3-6-15(18)7-4-8-16(14)17(19)11-20-12-17/h13-16H,3-12H2,1-2H3. The molecule has 3 aliphatic rings. The van der Waals surface area contributed by atoms with Crippen molar-refractivity contribution in [1.29, 1.82) is 0 Å². The van der Waals surface area contributed by atoms with Crippen LogP contribution in [0.4, 0.5) is 0 Å². The summed E-state index contributed by atoms with van der Waals surface area (Å²) >= 11 is 0. The largest absolute Gasteiger partial charge is 0.377 e. The number of ether oxygens (including phenoxy) is 1. The normalized spacial score (nSPS) is 38.6. The van der Waals surface area contributed by atoms with Gasteiger partial charge in [-0.15, -0.1) is 0 Å². The van der Waals surface area contributed by atoms with Gasteiger partial charge in [0.2, 0.25) is 0 Å². The molecule has 20 heavy (non-hydrogen) atoms. The van der Waals surface area contributed by atoms with Crippen molar-refractivity contribution in [3.8, 4) is 0 Å². The predicted octanol–water partition coefficient (Wildman–Crippen LogP) is 3.41. The van der Waals surface area contributed by atoms with E-state index in [1.54, 1.807) is 0 Å². The third-order valence-electron chi connectivity index (χ3n) is 6.14. The number of piperidine rings is 1. The van der Waals surface area contributed by atoms with Crippen LogP contribution in [-0.4, -0.2) is 44.1 Å². The molecular formula is C17H30BNO. The van der Waals surface area contributed by atoms with Gasteiger partial charge in [0.1, 0.15) is 0 Å². The molecule has 0 amide bonds. The van der Waals surface area contributed by atoms with Crippen LogP contribution in [0.1, 0.15) is 58.8 Å². The number of hydrogen-bond donors (Lipinski definition) is 0. The molecule has 0 N–H and O–H groups in total. The van der Waals surface area contributed by atoms with E-state index in [9.17, 15) is 0 Å². The Kier molecular flexibility index (Phi) is 4.47. The van der Waals surface area contributed by atoms with Crippen molar-refractivity contribution < 1.29 is 4.74 Å². The van der Waals surface area contributed by atoms with Gasteiger partial charge in [0.05, 0.1) is 26.6 Å². The Bertz CT molecular complexity index is 329. The lowest BCUT2D eigenvalue weighted by atomic mass is 9.65. The average Bonchev–Trinajstić information content (AvgIpc) is 2.45. The molecule has 2 saturated heterocycles. The van der Waals surface area contributed by atoms with Crippen LogP contribution < -0.4 is 0 Å². The number of likely N-dealkylation sites (tertiary alicyclic amines) is 1. The minimum absolute atomic E-state index is 0.367. The fourth-order valence-electron chi connectivity index (χ4n) is 5.08. The molecule has 2 heterocycles. The van der Waals surface area contributed by atoms with Crippen LogP contribution in [0, 0.1) is 11.8 Å². The van der Waals surface area contributed by atoms with Crippen molar-refractivity contribution in [1.82, 2.24) is 4.90 Å². The third kappa shape index (κ3) is 2.56. The highest BCUT2D eigenvalue weighted by atomic mass is 16.5. The second-order valence-electron chi connectivity index (χ2n) is 7.66. The van der Waals surface area contributed by atoms with E-state index in [0.717, 1.165) is 25.0 Å². The highest BCUT2D eigenvalue weighted by molar-refractivity contribution is 6.11. The van der Waals surface area contributed by atoms with Gasteiger partial charge in [0.15, 0.2) is 0 Å². The lowest BCUT2D eigenvalue weighted by Gasteiger charge is -2.61. The summed E-state index contributed by atoms with van der Waals surface area (Å²) in [5.41, 5.74) is 0.367. The quantitative estimate of drug-likeness (QED) is 0.680. The molecule has 2 nitrogen and oxygen atoms in total. The van der Waals surface area contributed by atoms with Gasteiger partial charge in [-0.1, -0.05) is 37.9 Å². The van der Waals surface area contributed by atoms with Crippen molar-refractivity contribution in [2.45, 2.75) is 76.2 Å². The molecule has 0 bridgehead atoms. The van der Waals surface area contributed by atoms with Gasteiger partial charge < -0.3 is 4.74 Å². The fraction of sp³-hybridized carbons (Fsp3) is 1.00. The summed E-state index contributed by atoms with van der Waals surface area (Å²) in [6, 6.07) is 0.648. The molecule has 0 aromatic rings. The van der Waals surface area contributed by atoms with Gasteiger partial charge in [0, 0.05) is 6.04 Å². The van der Waals surface area contributed by atoms with Gasteiger partial charge in [-0.25, -0.2) is 0 Å². The number of nitrogens with zero attached hydrogens (tertiary/aromatic N) is 1. The van der Waals surface area contributed by atoms with Gasteiger partial charge in [0.25, 0.3) is 0 Å². The summed E-state index contributed by atoms with van der Waals surface area (Å²) in [4.78, 5) is 2.76. The molecule has 1 spiro atoms. The summed E-state index contributed by atoms with van der Waals surface area (Å²) in [6.45, 7) is 7.92. The van der Waals surface area contributed by atoms with Crippen LogP contribution in [0.2, 0.25) is 5.82 Å². The zero-order valence-corrected chi connectivity index (χ0v) is 13.3. The molecule has 1 saturated carbocycles. The van der Waals surface area contributed by atoms with E-state index < -0.39 is 0 Å². The Morgan fingerprint density at radius 3 is 2.35 bits per heavy atom. The van der Waals surface area contributed by atoms with Gasteiger partial charge in [-0.3, -0.25) is 4.90 Å². The molecule has 3 unspecified atom stereocenters. The van der Waals surface area contributed by atoms with E-state index in [1.165, 1.54) is 51.5 Å². The van der Waals surface area contributed by atoms with Crippen LogP contribution in [0.3, 0.4) is 0 Å². The molecule has 2 aliphatic heterocycles. The molecule has 3 fully saturated rings. The van der Waals surface area contributed by atoms with Crippen LogP contribution in [-0.2, 0) is 4.74 Å². The van der Waals surface area contributed by atoms with E-state index >= 15 is 0 Å². The molecule has 3 atom stereocenters. The smallest absolute Gasteiger partial charge is 0.0711 e. The molecular weight excluding hydrogens is 245 g/mol. The zero-order valence-electron chi connectivity index (χ0n) is 13.3. The first-order valence-electron chi connectivity index (χ1n) is 8.73. The molecule has 3 heteroatoms. The fourth-order valence-corrected chi connectivity index (χ4v) is 5.08. The monoisotopic (exact) mass is 275 g/mol. The first-order chi connectivity index (χ1) is 9.63. The maximum Gasteiger partial charge on any atom is 0.0711 e. The van der Waals surface area contributed by atoms with E-state index in [2.05, 4.69) is 18.7 Å². The lowest BCUT2D eigenvalue weighted by molar-refractivity contribution is -0.208. The first-order valence-corrected chi connectivity index (χ1v) is 8.73. The molecule has 1 aliphatic carbocycles. The minimum atomic E-state index is 0.367. The highest BCUT2D eigenvalue weighted by Crippen LogP contribution is 2.48. The van der Waals surface area contributed by atoms with Crippen LogP contribution in [0.25, 0.3) is 0 Å². The summed E-state index contributed by atoms with van der Waals surface area (Å²) in [5, 5.41) is 0. The topological polar surface area (TPSA) is 12.5 Å². The summed E-state index contributed by atoms with van der Waals surface area (Å²) in [7, 11) is 6.22. The highest BCUT2D eigenvalue weighted by Gasteiger charge is 2.55. The van der Waals surface area contributed by atoms with Gasteiger partial charge in [-0.2, -0.15) is 0 Å². The van der Waals surface area contributed by atoms with Crippen molar-refractivity contribution in [3.05, 3.63) is 0 Å². The van der Waals surface area contributed by atoms with E-state index in [0.29, 0.717) is 17.4 Å². The van der Waals surface area contributed by atoms with Crippen LogP contribution in [0.5, 0.6) is 0 Å². The van der Waals surface area contributed by atoms with E-state index in [-0.39, 0.29) is 0 Å². The maximum absolute atomic E-state index is 6.22. The summed E-state index contributed by atoms with van der Waals surface area (Å²) in [6.07, 6.45) is 9.26. The average molecular weight is 275 g/mol. The zero-order chi connectivity index (χ0) is 14.2. The first kappa shape index (κ1) is 14.9. The van der Waals surface area contributed by atoms with E-state index in [4.69, 9.17) is 12.6 Å². The second kappa shape index (κ2) is 6.00. The Morgan fingerprint density at radius 1 is 1.05 bits per heavy atom. The molecule has 0 aromatic heterocycles. The molecule has 2 radical (unpaired) electrons.